The molecule has 1 fully saturated rings. The average Bonchev–Trinajstić information content (AvgIpc) is 2.81. The molecule has 1 aromatic carbocycles. The number of rotatable bonds is 6. The molecular formula is C14H19ClFNO2. The lowest BCUT2D eigenvalue weighted by Crippen LogP contribution is -2.24. The smallest absolute Gasteiger partial charge is 0.129 e. The Morgan fingerprint density at radius 3 is 3.00 bits per heavy atom. The molecule has 1 atom stereocenters. The summed E-state index contributed by atoms with van der Waals surface area (Å²) in [5.41, 5.74) is 0.682. The molecule has 1 aliphatic heterocycles. The van der Waals surface area contributed by atoms with Crippen LogP contribution in [0.3, 0.4) is 0 Å². The molecule has 1 saturated heterocycles. The van der Waals surface area contributed by atoms with Crippen LogP contribution < -0.4 is 0 Å². The molecule has 0 aliphatic carbocycles. The van der Waals surface area contributed by atoms with Gasteiger partial charge in [0.2, 0.25) is 0 Å². The van der Waals surface area contributed by atoms with Gasteiger partial charge >= 0.3 is 0 Å². The zero-order valence-corrected chi connectivity index (χ0v) is 11.8. The summed E-state index contributed by atoms with van der Waals surface area (Å²) in [6, 6.07) is 4.83. The Bertz CT molecular complexity index is 416. The highest BCUT2D eigenvalue weighted by Gasteiger charge is 2.23. The SMILES string of the molecule is COCCO[C@H]1CCN(Cc2ccc(Cl)cc2F)C1. The maximum atomic E-state index is 13.7. The standard InChI is InChI=1S/C14H19ClFNO2/c1-18-6-7-19-13-4-5-17(10-13)9-11-2-3-12(15)8-14(11)16/h2-3,8,13H,4-7,9-10H2,1H3/t13-/m0/s1. The van der Waals surface area contributed by atoms with Gasteiger partial charge in [-0.25, -0.2) is 4.39 Å². The van der Waals surface area contributed by atoms with Crippen molar-refractivity contribution in [3.8, 4) is 0 Å². The molecule has 3 nitrogen and oxygen atoms in total. The number of hydrogen-bond donors (Lipinski definition) is 0. The van der Waals surface area contributed by atoms with Crippen molar-refractivity contribution >= 4 is 11.6 Å². The number of hydrogen-bond acceptors (Lipinski definition) is 3. The van der Waals surface area contributed by atoms with Crippen LogP contribution in [0.5, 0.6) is 0 Å². The van der Waals surface area contributed by atoms with Crippen LogP contribution in [0.25, 0.3) is 0 Å². The topological polar surface area (TPSA) is 21.7 Å². The van der Waals surface area contributed by atoms with Gasteiger partial charge in [-0.1, -0.05) is 17.7 Å². The lowest BCUT2D eigenvalue weighted by Gasteiger charge is -2.16. The molecule has 0 bridgehead atoms. The van der Waals surface area contributed by atoms with Gasteiger partial charge in [-0.2, -0.15) is 0 Å². The van der Waals surface area contributed by atoms with Gasteiger partial charge < -0.3 is 9.47 Å². The summed E-state index contributed by atoms with van der Waals surface area (Å²) in [7, 11) is 1.66. The van der Waals surface area contributed by atoms with E-state index in [1.807, 2.05) is 0 Å². The van der Waals surface area contributed by atoms with Gasteiger partial charge in [0.15, 0.2) is 0 Å². The van der Waals surface area contributed by atoms with Crippen molar-refractivity contribution in [1.29, 1.82) is 0 Å². The Hall–Kier alpha value is -0.680. The van der Waals surface area contributed by atoms with E-state index >= 15 is 0 Å². The third-order valence-electron chi connectivity index (χ3n) is 3.28. The Morgan fingerprint density at radius 1 is 1.42 bits per heavy atom. The molecule has 2 rings (SSSR count). The molecule has 0 N–H and O–H groups in total. The van der Waals surface area contributed by atoms with Crippen LogP contribution in [-0.4, -0.2) is 44.4 Å². The second-order valence-electron chi connectivity index (χ2n) is 4.75. The summed E-state index contributed by atoms with van der Waals surface area (Å²) in [6.45, 7) is 3.60. The summed E-state index contributed by atoms with van der Waals surface area (Å²) in [4.78, 5) is 2.20. The quantitative estimate of drug-likeness (QED) is 0.751. The fraction of sp³-hybridized carbons (Fsp3) is 0.571. The zero-order chi connectivity index (χ0) is 13.7. The van der Waals surface area contributed by atoms with Crippen LogP contribution in [0.1, 0.15) is 12.0 Å². The largest absolute Gasteiger partial charge is 0.382 e. The zero-order valence-electron chi connectivity index (χ0n) is 11.1. The molecule has 0 aromatic heterocycles. The molecule has 0 unspecified atom stereocenters. The molecule has 106 valence electrons. The van der Waals surface area contributed by atoms with E-state index in [1.54, 1.807) is 19.2 Å². The van der Waals surface area contributed by atoms with Crippen molar-refractivity contribution < 1.29 is 13.9 Å². The maximum Gasteiger partial charge on any atom is 0.129 e. The minimum atomic E-state index is -0.240. The van der Waals surface area contributed by atoms with Gasteiger partial charge in [0, 0.05) is 37.3 Å². The molecule has 0 radical (unpaired) electrons. The molecule has 1 heterocycles. The number of ether oxygens (including phenoxy) is 2. The minimum Gasteiger partial charge on any atom is -0.382 e. The lowest BCUT2D eigenvalue weighted by atomic mass is 10.2. The van der Waals surface area contributed by atoms with E-state index in [2.05, 4.69) is 4.90 Å². The van der Waals surface area contributed by atoms with Crippen LogP contribution in [0.15, 0.2) is 18.2 Å². The molecule has 0 saturated carbocycles. The number of likely N-dealkylation sites (tertiary alicyclic amines) is 1. The first-order valence-electron chi connectivity index (χ1n) is 6.46. The molecule has 1 aliphatic rings. The van der Waals surface area contributed by atoms with Gasteiger partial charge in [0.1, 0.15) is 5.82 Å². The predicted molar refractivity (Wildman–Crippen MR) is 72.9 cm³/mol. The van der Waals surface area contributed by atoms with E-state index in [0.717, 1.165) is 19.5 Å². The van der Waals surface area contributed by atoms with Crippen molar-refractivity contribution in [2.45, 2.75) is 19.1 Å². The highest BCUT2D eigenvalue weighted by molar-refractivity contribution is 6.30. The van der Waals surface area contributed by atoms with Crippen molar-refractivity contribution in [2.24, 2.45) is 0 Å². The van der Waals surface area contributed by atoms with E-state index in [4.69, 9.17) is 21.1 Å². The highest BCUT2D eigenvalue weighted by atomic mass is 35.5. The van der Waals surface area contributed by atoms with Gasteiger partial charge in [0.25, 0.3) is 0 Å². The van der Waals surface area contributed by atoms with Gasteiger partial charge in [-0.3, -0.25) is 4.90 Å². The van der Waals surface area contributed by atoms with E-state index in [9.17, 15) is 4.39 Å². The van der Waals surface area contributed by atoms with Crippen LogP contribution in [0.4, 0.5) is 4.39 Å². The van der Waals surface area contributed by atoms with E-state index in [0.29, 0.717) is 30.3 Å². The Balaban J connectivity index is 1.81. The molecule has 5 heteroatoms. The lowest BCUT2D eigenvalue weighted by molar-refractivity contribution is 0.0218. The van der Waals surface area contributed by atoms with Crippen molar-refractivity contribution in [1.82, 2.24) is 4.90 Å². The molecule has 0 spiro atoms. The number of benzene rings is 1. The summed E-state index contributed by atoms with van der Waals surface area (Å²) in [5, 5.41) is 0.434. The van der Waals surface area contributed by atoms with Crippen LogP contribution in [-0.2, 0) is 16.0 Å². The Labute approximate surface area is 118 Å². The minimum absolute atomic E-state index is 0.227. The van der Waals surface area contributed by atoms with Crippen molar-refractivity contribution in [3.05, 3.63) is 34.6 Å². The van der Waals surface area contributed by atoms with Crippen molar-refractivity contribution in [3.63, 3.8) is 0 Å². The van der Waals surface area contributed by atoms with Crippen LogP contribution in [0, 0.1) is 5.82 Å². The van der Waals surface area contributed by atoms with E-state index < -0.39 is 0 Å². The fourth-order valence-electron chi connectivity index (χ4n) is 2.27. The Kier molecular flexibility index (Phi) is 5.58. The number of halogens is 2. The van der Waals surface area contributed by atoms with Gasteiger partial charge in [-0.15, -0.1) is 0 Å². The average molecular weight is 288 g/mol. The number of nitrogens with zero attached hydrogens (tertiary/aromatic N) is 1. The first-order valence-corrected chi connectivity index (χ1v) is 6.83. The van der Waals surface area contributed by atoms with Crippen LogP contribution >= 0.6 is 11.6 Å². The maximum absolute atomic E-state index is 13.7. The fourth-order valence-corrected chi connectivity index (χ4v) is 2.42. The van der Waals surface area contributed by atoms with Crippen molar-refractivity contribution in [2.75, 3.05) is 33.4 Å². The summed E-state index contributed by atoms with van der Waals surface area (Å²) >= 11 is 5.74. The van der Waals surface area contributed by atoms with Crippen LogP contribution in [0.2, 0.25) is 5.02 Å². The second-order valence-corrected chi connectivity index (χ2v) is 5.18. The van der Waals surface area contributed by atoms with E-state index in [1.165, 1.54) is 6.07 Å². The molecule has 19 heavy (non-hydrogen) atoms. The molecular weight excluding hydrogens is 269 g/mol. The first-order chi connectivity index (χ1) is 9.19. The van der Waals surface area contributed by atoms with E-state index in [-0.39, 0.29) is 11.9 Å². The Morgan fingerprint density at radius 2 is 2.26 bits per heavy atom. The predicted octanol–water partition coefficient (Wildman–Crippen LogP) is 2.72. The first kappa shape index (κ1) is 14.7. The normalized spacial score (nSPS) is 20.1. The van der Waals surface area contributed by atoms with Gasteiger partial charge in [0.05, 0.1) is 19.3 Å². The third kappa shape index (κ3) is 4.42. The molecule has 1 aromatic rings. The molecule has 0 amide bonds. The second kappa shape index (κ2) is 7.20. The summed E-state index contributed by atoms with van der Waals surface area (Å²) in [5.74, 6) is -0.240. The monoisotopic (exact) mass is 287 g/mol. The third-order valence-corrected chi connectivity index (χ3v) is 3.51. The number of methoxy groups -OCH3 is 1. The van der Waals surface area contributed by atoms with Gasteiger partial charge in [-0.05, 0) is 18.6 Å². The highest BCUT2D eigenvalue weighted by Crippen LogP contribution is 2.20. The summed E-state index contributed by atoms with van der Waals surface area (Å²) in [6.07, 6.45) is 1.21. The summed E-state index contributed by atoms with van der Waals surface area (Å²) < 4.78 is 24.3.